The van der Waals surface area contributed by atoms with Gasteiger partial charge in [-0.05, 0) is 41.4 Å². The third kappa shape index (κ3) is 2.08. The van der Waals surface area contributed by atoms with Crippen molar-refractivity contribution in [2.75, 3.05) is 0 Å². The Morgan fingerprint density at radius 1 is 1.31 bits per heavy atom. The fraction of sp³-hybridized carbons (Fsp3) is 0.500. The van der Waals surface area contributed by atoms with Crippen LogP contribution in [-0.4, -0.2) is 0 Å². The van der Waals surface area contributed by atoms with Gasteiger partial charge in [0, 0.05) is 5.02 Å². The average Bonchev–Trinajstić information content (AvgIpc) is 2.98. The van der Waals surface area contributed by atoms with E-state index in [2.05, 4.69) is 32.9 Å². The Kier molecular flexibility index (Phi) is 2.72. The average molecular weight is 234 g/mol. The molecular formula is C14H16ClN. The Hall–Kier alpha value is -1.00. The molecule has 0 amide bonds. The third-order valence-corrected chi connectivity index (χ3v) is 3.41. The lowest BCUT2D eigenvalue weighted by molar-refractivity contribution is 0.587. The van der Waals surface area contributed by atoms with E-state index in [1.54, 1.807) is 0 Å². The van der Waals surface area contributed by atoms with E-state index >= 15 is 0 Å². The van der Waals surface area contributed by atoms with Gasteiger partial charge in [0.1, 0.15) is 0 Å². The smallest absolute Gasteiger partial charge is 0.0995 e. The molecule has 2 rings (SSSR count). The molecule has 0 spiro atoms. The first-order valence-electron chi connectivity index (χ1n) is 5.67. The maximum atomic E-state index is 9.14. The Bertz CT molecular complexity index is 459. The molecule has 0 bridgehead atoms. The summed E-state index contributed by atoms with van der Waals surface area (Å²) in [5.41, 5.74) is 3.05. The summed E-state index contributed by atoms with van der Waals surface area (Å²) in [5.74, 6) is 0.626. The summed E-state index contributed by atoms with van der Waals surface area (Å²) in [5, 5.41) is 9.90. The van der Waals surface area contributed by atoms with Crippen molar-refractivity contribution in [2.24, 2.45) is 0 Å². The van der Waals surface area contributed by atoms with Gasteiger partial charge in [-0.25, -0.2) is 0 Å². The van der Waals surface area contributed by atoms with Crippen LogP contribution in [0.2, 0.25) is 5.02 Å². The van der Waals surface area contributed by atoms with Gasteiger partial charge in [-0.2, -0.15) is 5.26 Å². The third-order valence-electron chi connectivity index (χ3n) is 3.08. The Labute approximate surface area is 102 Å². The van der Waals surface area contributed by atoms with Crippen molar-refractivity contribution in [1.29, 1.82) is 5.26 Å². The van der Waals surface area contributed by atoms with Crippen LogP contribution in [0, 0.1) is 11.3 Å². The quantitative estimate of drug-likeness (QED) is 0.706. The minimum Gasteiger partial charge on any atom is -0.192 e. The number of hydrogen-bond donors (Lipinski definition) is 0. The van der Waals surface area contributed by atoms with Gasteiger partial charge in [-0.3, -0.25) is 0 Å². The van der Waals surface area contributed by atoms with Gasteiger partial charge in [0.25, 0.3) is 0 Å². The highest BCUT2D eigenvalue weighted by atomic mass is 35.5. The largest absolute Gasteiger partial charge is 0.192 e. The topological polar surface area (TPSA) is 23.8 Å². The minimum absolute atomic E-state index is 0.000702. The van der Waals surface area contributed by atoms with E-state index in [4.69, 9.17) is 16.9 Å². The summed E-state index contributed by atoms with van der Waals surface area (Å²) in [6.45, 7) is 6.40. The number of benzene rings is 1. The van der Waals surface area contributed by atoms with Crippen LogP contribution < -0.4 is 0 Å². The molecule has 0 unspecified atom stereocenters. The van der Waals surface area contributed by atoms with E-state index in [0.29, 0.717) is 11.5 Å². The maximum Gasteiger partial charge on any atom is 0.0995 e. The summed E-state index contributed by atoms with van der Waals surface area (Å²) < 4.78 is 0. The molecule has 1 aromatic rings. The van der Waals surface area contributed by atoms with Crippen molar-refractivity contribution in [2.45, 2.75) is 44.9 Å². The predicted octanol–water partition coefficient (Wildman–Crippen LogP) is 4.39. The number of nitrogens with zero attached hydrogens (tertiary/aromatic N) is 1. The van der Waals surface area contributed by atoms with Crippen LogP contribution in [0.4, 0.5) is 0 Å². The zero-order valence-electron chi connectivity index (χ0n) is 9.97. The van der Waals surface area contributed by atoms with Crippen molar-refractivity contribution in [1.82, 2.24) is 0 Å². The molecule has 1 saturated carbocycles. The Morgan fingerprint density at radius 3 is 2.38 bits per heavy atom. The fourth-order valence-corrected chi connectivity index (χ4v) is 2.33. The fourth-order valence-electron chi connectivity index (χ4n) is 2.01. The van der Waals surface area contributed by atoms with E-state index in [0.717, 1.165) is 10.6 Å². The van der Waals surface area contributed by atoms with Crippen molar-refractivity contribution in [3.8, 4) is 6.07 Å². The van der Waals surface area contributed by atoms with Gasteiger partial charge >= 0.3 is 0 Å². The van der Waals surface area contributed by atoms with Crippen LogP contribution in [0.15, 0.2) is 12.1 Å². The molecule has 16 heavy (non-hydrogen) atoms. The number of rotatable bonds is 1. The molecule has 84 valence electrons. The van der Waals surface area contributed by atoms with Gasteiger partial charge in [0.05, 0.1) is 11.6 Å². The molecule has 1 aliphatic carbocycles. The summed E-state index contributed by atoms with van der Waals surface area (Å²) >= 11 is 6.21. The first-order valence-corrected chi connectivity index (χ1v) is 6.05. The van der Waals surface area contributed by atoms with E-state index in [9.17, 15) is 0 Å². The van der Waals surface area contributed by atoms with Gasteiger partial charge in [-0.15, -0.1) is 0 Å². The second kappa shape index (κ2) is 3.79. The standard InChI is InChI=1S/C14H16ClN/c1-14(2,3)12-7-11(9-4-5-9)13(15)6-10(12)8-16/h6-7,9H,4-5H2,1-3H3. The normalized spacial score (nSPS) is 15.9. The molecule has 0 saturated heterocycles. The summed E-state index contributed by atoms with van der Waals surface area (Å²) in [6.07, 6.45) is 2.46. The molecule has 1 nitrogen and oxygen atoms in total. The Balaban J connectivity index is 2.58. The molecule has 0 radical (unpaired) electrons. The molecule has 1 aliphatic rings. The molecule has 0 atom stereocenters. The molecular weight excluding hydrogens is 218 g/mol. The SMILES string of the molecule is CC(C)(C)c1cc(C2CC2)c(Cl)cc1C#N. The van der Waals surface area contributed by atoms with E-state index in [-0.39, 0.29) is 5.41 Å². The van der Waals surface area contributed by atoms with Gasteiger partial charge in [0.2, 0.25) is 0 Å². The summed E-state index contributed by atoms with van der Waals surface area (Å²) in [4.78, 5) is 0. The van der Waals surface area contributed by atoms with Crippen LogP contribution in [0.25, 0.3) is 0 Å². The molecule has 0 aliphatic heterocycles. The highest BCUT2D eigenvalue weighted by Gasteiger charge is 2.28. The van der Waals surface area contributed by atoms with Crippen LogP contribution in [-0.2, 0) is 5.41 Å². The second-order valence-electron chi connectivity index (χ2n) is 5.56. The monoisotopic (exact) mass is 233 g/mol. The lowest BCUT2D eigenvalue weighted by Gasteiger charge is -2.22. The van der Waals surface area contributed by atoms with E-state index < -0.39 is 0 Å². The minimum atomic E-state index is -0.000702. The second-order valence-corrected chi connectivity index (χ2v) is 5.96. The number of nitriles is 1. The highest BCUT2D eigenvalue weighted by molar-refractivity contribution is 6.31. The molecule has 0 aromatic heterocycles. The van der Waals surface area contributed by atoms with Gasteiger partial charge in [0.15, 0.2) is 0 Å². The number of halogens is 1. The lowest BCUT2D eigenvalue weighted by Crippen LogP contribution is -2.14. The first kappa shape index (κ1) is 11.5. The summed E-state index contributed by atoms with van der Waals surface area (Å²) in [6, 6.07) is 6.21. The lowest BCUT2D eigenvalue weighted by atomic mass is 9.82. The van der Waals surface area contributed by atoms with Crippen molar-refractivity contribution in [3.63, 3.8) is 0 Å². The van der Waals surface area contributed by atoms with Gasteiger partial charge < -0.3 is 0 Å². The zero-order chi connectivity index (χ0) is 11.9. The maximum absolute atomic E-state index is 9.14. The van der Waals surface area contributed by atoms with Crippen molar-refractivity contribution < 1.29 is 0 Å². The van der Waals surface area contributed by atoms with Crippen LogP contribution >= 0.6 is 11.6 Å². The first-order chi connectivity index (χ1) is 7.43. The van der Waals surface area contributed by atoms with Gasteiger partial charge in [-0.1, -0.05) is 38.4 Å². The predicted molar refractivity (Wildman–Crippen MR) is 66.8 cm³/mol. The van der Waals surface area contributed by atoms with Crippen LogP contribution in [0.1, 0.15) is 56.2 Å². The number of hydrogen-bond acceptors (Lipinski definition) is 1. The Morgan fingerprint density at radius 2 is 1.94 bits per heavy atom. The van der Waals surface area contributed by atoms with Crippen molar-refractivity contribution >= 4 is 11.6 Å². The molecule has 2 heteroatoms. The zero-order valence-corrected chi connectivity index (χ0v) is 10.7. The van der Waals surface area contributed by atoms with Crippen molar-refractivity contribution in [3.05, 3.63) is 33.8 Å². The highest BCUT2D eigenvalue weighted by Crippen LogP contribution is 2.45. The van der Waals surface area contributed by atoms with E-state index in [1.807, 2.05) is 6.07 Å². The molecule has 1 fully saturated rings. The molecule has 0 N–H and O–H groups in total. The summed E-state index contributed by atoms with van der Waals surface area (Å²) in [7, 11) is 0. The molecule has 0 heterocycles. The van der Waals surface area contributed by atoms with Crippen LogP contribution in [0.3, 0.4) is 0 Å². The van der Waals surface area contributed by atoms with Crippen LogP contribution in [0.5, 0.6) is 0 Å². The van der Waals surface area contributed by atoms with E-state index in [1.165, 1.54) is 18.4 Å². The molecule has 1 aromatic carbocycles.